The first kappa shape index (κ1) is 12.8. The van der Waals surface area contributed by atoms with Crippen LogP contribution >= 0.6 is 0 Å². The lowest BCUT2D eigenvalue weighted by Crippen LogP contribution is -2.35. The van der Waals surface area contributed by atoms with Crippen molar-refractivity contribution in [3.8, 4) is 0 Å². The lowest BCUT2D eigenvalue weighted by molar-refractivity contribution is -0.193. The summed E-state index contributed by atoms with van der Waals surface area (Å²) < 4.78 is 17.8. The summed E-state index contributed by atoms with van der Waals surface area (Å²) >= 11 is 0. The zero-order chi connectivity index (χ0) is 13.6. The van der Waals surface area contributed by atoms with Crippen molar-refractivity contribution >= 4 is 0 Å². The van der Waals surface area contributed by atoms with Crippen molar-refractivity contribution in [3.05, 3.63) is 35.4 Å². The van der Waals surface area contributed by atoms with Crippen LogP contribution in [0.25, 0.3) is 0 Å². The molecule has 20 heavy (non-hydrogen) atoms. The molecule has 3 aliphatic rings. The van der Waals surface area contributed by atoms with Gasteiger partial charge in [-0.15, -0.1) is 0 Å². The highest BCUT2D eigenvalue weighted by atomic mass is 16.7. The maximum atomic E-state index is 6.31. The minimum absolute atomic E-state index is 0.0205. The maximum Gasteiger partial charge on any atom is 0.157 e. The molecule has 0 N–H and O–H groups in total. The summed E-state index contributed by atoms with van der Waals surface area (Å²) in [5.41, 5.74) is 2.79. The van der Waals surface area contributed by atoms with Gasteiger partial charge in [-0.1, -0.05) is 24.3 Å². The van der Waals surface area contributed by atoms with Gasteiger partial charge in [-0.25, -0.2) is 0 Å². The normalized spacial score (nSPS) is 39.5. The Balaban J connectivity index is 1.57. The van der Waals surface area contributed by atoms with Gasteiger partial charge in [0.15, 0.2) is 6.29 Å². The quantitative estimate of drug-likeness (QED) is 0.794. The van der Waals surface area contributed by atoms with Crippen LogP contribution < -0.4 is 0 Å². The van der Waals surface area contributed by atoms with Crippen molar-refractivity contribution in [3.63, 3.8) is 0 Å². The third kappa shape index (κ3) is 2.18. The molecule has 0 saturated carbocycles. The van der Waals surface area contributed by atoms with E-state index in [0.29, 0.717) is 5.92 Å². The van der Waals surface area contributed by atoms with Crippen LogP contribution in [-0.2, 0) is 20.6 Å². The van der Waals surface area contributed by atoms with Gasteiger partial charge in [-0.05, 0) is 43.7 Å². The SMILES string of the molecule is C[C@@]1([C@@H]2c3ccccc3C[C@@H]2O[C@@H]2CCCCO2)CO1. The van der Waals surface area contributed by atoms with Crippen molar-refractivity contribution in [1.82, 2.24) is 0 Å². The van der Waals surface area contributed by atoms with Crippen LogP contribution in [0.4, 0.5) is 0 Å². The van der Waals surface area contributed by atoms with E-state index in [1.807, 2.05) is 0 Å². The smallest absolute Gasteiger partial charge is 0.157 e. The van der Waals surface area contributed by atoms with Crippen molar-refractivity contribution in [2.75, 3.05) is 13.2 Å². The molecule has 3 nitrogen and oxygen atoms in total. The Morgan fingerprint density at radius 1 is 1.25 bits per heavy atom. The Labute approximate surface area is 120 Å². The van der Waals surface area contributed by atoms with Crippen LogP contribution in [0.5, 0.6) is 0 Å². The molecule has 4 rings (SSSR count). The molecule has 0 spiro atoms. The van der Waals surface area contributed by atoms with Crippen LogP contribution in [0.15, 0.2) is 24.3 Å². The number of epoxide rings is 1. The summed E-state index contributed by atoms with van der Waals surface area (Å²) in [4.78, 5) is 0. The molecule has 2 saturated heterocycles. The minimum Gasteiger partial charge on any atom is -0.369 e. The van der Waals surface area contributed by atoms with Gasteiger partial charge in [0.05, 0.1) is 18.3 Å². The van der Waals surface area contributed by atoms with E-state index in [1.165, 1.54) is 17.5 Å². The molecule has 0 aromatic heterocycles. The predicted octanol–water partition coefficient (Wildman–Crippen LogP) is 3.03. The molecular weight excluding hydrogens is 252 g/mol. The van der Waals surface area contributed by atoms with Gasteiger partial charge >= 0.3 is 0 Å². The third-order valence-corrected chi connectivity index (χ3v) is 4.91. The van der Waals surface area contributed by atoms with Crippen LogP contribution in [0.1, 0.15) is 43.2 Å². The van der Waals surface area contributed by atoms with E-state index in [-0.39, 0.29) is 18.0 Å². The lowest BCUT2D eigenvalue weighted by Gasteiger charge is -2.30. The molecule has 2 heterocycles. The summed E-state index contributed by atoms with van der Waals surface area (Å²) in [6.07, 6.45) is 4.56. The van der Waals surface area contributed by atoms with Gasteiger partial charge in [0.2, 0.25) is 0 Å². The van der Waals surface area contributed by atoms with E-state index >= 15 is 0 Å². The minimum atomic E-state index is -0.0358. The Kier molecular flexibility index (Phi) is 3.09. The first-order chi connectivity index (χ1) is 9.76. The molecule has 0 unspecified atom stereocenters. The number of ether oxygens (including phenoxy) is 3. The highest BCUT2D eigenvalue weighted by molar-refractivity contribution is 5.40. The fourth-order valence-corrected chi connectivity index (χ4v) is 3.71. The molecule has 4 atom stereocenters. The van der Waals surface area contributed by atoms with E-state index in [9.17, 15) is 0 Å². The summed E-state index contributed by atoms with van der Waals surface area (Å²) in [6.45, 7) is 3.89. The number of hydrogen-bond donors (Lipinski definition) is 0. The van der Waals surface area contributed by atoms with Gasteiger partial charge in [-0.2, -0.15) is 0 Å². The second-order valence-corrected chi connectivity index (χ2v) is 6.45. The van der Waals surface area contributed by atoms with Gasteiger partial charge in [0, 0.05) is 12.5 Å². The second kappa shape index (κ2) is 4.83. The summed E-state index contributed by atoms with van der Waals surface area (Å²) in [5.74, 6) is 0.351. The van der Waals surface area contributed by atoms with Crippen LogP contribution in [-0.4, -0.2) is 31.2 Å². The van der Waals surface area contributed by atoms with E-state index in [0.717, 1.165) is 32.5 Å². The molecule has 2 aliphatic heterocycles. The lowest BCUT2D eigenvalue weighted by atomic mass is 9.87. The molecule has 1 aliphatic carbocycles. The average Bonchev–Trinajstić information content (AvgIpc) is 3.10. The zero-order valence-corrected chi connectivity index (χ0v) is 12.0. The molecule has 0 bridgehead atoms. The second-order valence-electron chi connectivity index (χ2n) is 6.45. The number of benzene rings is 1. The molecule has 0 radical (unpaired) electrons. The molecular formula is C17H22O3. The van der Waals surface area contributed by atoms with E-state index in [1.54, 1.807) is 0 Å². The Morgan fingerprint density at radius 2 is 2.10 bits per heavy atom. The monoisotopic (exact) mass is 274 g/mol. The van der Waals surface area contributed by atoms with Crippen molar-refractivity contribution < 1.29 is 14.2 Å². The molecule has 1 aromatic rings. The van der Waals surface area contributed by atoms with Crippen molar-refractivity contribution in [2.45, 2.75) is 56.5 Å². The van der Waals surface area contributed by atoms with Gasteiger partial charge in [0.1, 0.15) is 0 Å². The largest absolute Gasteiger partial charge is 0.369 e. The molecule has 2 fully saturated rings. The molecule has 0 amide bonds. The Morgan fingerprint density at radius 3 is 2.85 bits per heavy atom. The highest BCUT2D eigenvalue weighted by Gasteiger charge is 2.54. The molecule has 1 aromatic carbocycles. The topological polar surface area (TPSA) is 31.0 Å². The van der Waals surface area contributed by atoms with E-state index in [4.69, 9.17) is 14.2 Å². The third-order valence-electron chi connectivity index (χ3n) is 4.91. The van der Waals surface area contributed by atoms with E-state index < -0.39 is 0 Å². The van der Waals surface area contributed by atoms with E-state index in [2.05, 4.69) is 31.2 Å². The maximum absolute atomic E-state index is 6.31. The zero-order valence-electron chi connectivity index (χ0n) is 12.0. The number of rotatable bonds is 3. The summed E-state index contributed by atoms with van der Waals surface area (Å²) in [7, 11) is 0. The van der Waals surface area contributed by atoms with Crippen molar-refractivity contribution in [2.24, 2.45) is 0 Å². The summed E-state index contributed by atoms with van der Waals surface area (Å²) in [5, 5.41) is 0. The van der Waals surface area contributed by atoms with Gasteiger partial charge in [-0.3, -0.25) is 0 Å². The fourth-order valence-electron chi connectivity index (χ4n) is 3.71. The van der Waals surface area contributed by atoms with Crippen molar-refractivity contribution in [1.29, 1.82) is 0 Å². The standard InChI is InChI=1S/C17H22O3/c1-17(11-19-17)16-13-7-3-2-6-12(13)10-14(16)20-15-8-4-5-9-18-15/h2-3,6-7,14-16H,4-5,8-11H2,1H3/t14-,15+,16+,17-/m0/s1. The Bertz CT molecular complexity index is 489. The average molecular weight is 274 g/mol. The number of fused-ring (bicyclic) bond motifs is 1. The highest BCUT2D eigenvalue weighted by Crippen LogP contribution is 2.50. The number of hydrogen-bond acceptors (Lipinski definition) is 3. The summed E-state index contributed by atoms with van der Waals surface area (Å²) in [6, 6.07) is 8.69. The van der Waals surface area contributed by atoms with Gasteiger partial charge < -0.3 is 14.2 Å². The predicted molar refractivity (Wildman–Crippen MR) is 75.7 cm³/mol. The first-order valence-electron chi connectivity index (χ1n) is 7.75. The van der Waals surface area contributed by atoms with Crippen LogP contribution in [0, 0.1) is 0 Å². The fraction of sp³-hybridized carbons (Fsp3) is 0.647. The molecule has 108 valence electrons. The van der Waals surface area contributed by atoms with Gasteiger partial charge in [0.25, 0.3) is 0 Å². The Hall–Kier alpha value is -0.900. The van der Waals surface area contributed by atoms with Crippen LogP contribution in [0.2, 0.25) is 0 Å². The molecule has 3 heteroatoms. The van der Waals surface area contributed by atoms with Crippen LogP contribution in [0.3, 0.4) is 0 Å². The first-order valence-corrected chi connectivity index (χ1v) is 7.75.